The molecule has 98 valence electrons. The lowest BCUT2D eigenvalue weighted by molar-refractivity contribution is 0.293. The summed E-state index contributed by atoms with van der Waals surface area (Å²) in [6.45, 7) is 2.24. The molecule has 2 aromatic rings. The lowest BCUT2D eigenvalue weighted by atomic mass is 10.1. The summed E-state index contributed by atoms with van der Waals surface area (Å²) in [5.41, 5.74) is 8.20. The van der Waals surface area contributed by atoms with Gasteiger partial charge < -0.3 is 10.5 Å². The number of halogens is 1. The Labute approximate surface area is 122 Å². The Hall–Kier alpha value is -1.65. The summed E-state index contributed by atoms with van der Waals surface area (Å²) >= 11 is 11.1. The van der Waals surface area contributed by atoms with E-state index in [9.17, 15) is 0 Å². The Bertz CT molecular complexity index is 616. The Kier molecular flexibility index (Phi) is 4.35. The van der Waals surface area contributed by atoms with Crippen LogP contribution in [0, 0.1) is 6.92 Å². The van der Waals surface area contributed by atoms with Crippen LogP contribution < -0.4 is 10.5 Å². The highest BCUT2D eigenvalue weighted by atomic mass is 35.5. The second-order valence-electron chi connectivity index (χ2n) is 4.05. The molecule has 1 heterocycles. The van der Waals surface area contributed by atoms with Gasteiger partial charge in [0, 0.05) is 16.8 Å². The van der Waals surface area contributed by atoms with Gasteiger partial charge in [-0.3, -0.25) is 0 Å². The minimum Gasteiger partial charge on any atom is -0.472 e. The van der Waals surface area contributed by atoms with Gasteiger partial charge in [0.25, 0.3) is 0 Å². The average Bonchev–Trinajstić information content (AvgIpc) is 2.37. The quantitative estimate of drug-likeness (QED) is 0.879. The first kappa shape index (κ1) is 13.8. The summed E-state index contributed by atoms with van der Waals surface area (Å²) in [6, 6.07) is 9.34. The van der Waals surface area contributed by atoms with Crippen LogP contribution in [0.5, 0.6) is 5.88 Å². The van der Waals surface area contributed by atoms with E-state index in [4.69, 9.17) is 34.3 Å². The fourth-order valence-corrected chi connectivity index (χ4v) is 2.14. The van der Waals surface area contributed by atoms with Crippen LogP contribution in [0.15, 0.2) is 36.5 Å². The molecule has 0 unspecified atom stereocenters. The van der Waals surface area contributed by atoms with E-state index in [1.165, 1.54) is 0 Å². The normalized spacial score (nSPS) is 10.2. The number of nitrogens with two attached hydrogens (primary N) is 1. The zero-order valence-electron chi connectivity index (χ0n) is 10.4. The van der Waals surface area contributed by atoms with E-state index in [-0.39, 0.29) is 4.99 Å². The lowest BCUT2D eigenvalue weighted by Crippen LogP contribution is -2.14. The Morgan fingerprint density at radius 2 is 2.11 bits per heavy atom. The highest BCUT2D eigenvalue weighted by Crippen LogP contribution is 2.22. The van der Waals surface area contributed by atoms with Gasteiger partial charge in [-0.25, -0.2) is 4.98 Å². The number of aryl methyl sites for hydroxylation is 1. The Morgan fingerprint density at radius 1 is 1.37 bits per heavy atom. The molecule has 0 aliphatic carbocycles. The standard InChI is InChI=1S/C14H13ClN2OS/c1-9-6-7-17-14(12(9)13(16)19)18-8-10-4-2-3-5-11(10)15/h2-7H,8H2,1H3,(H2,16,19). The van der Waals surface area contributed by atoms with E-state index >= 15 is 0 Å². The van der Waals surface area contributed by atoms with Gasteiger partial charge in [0.2, 0.25) is 5.88 Å². The van der Waals surface area contributed by atoms with Gasteiger partial charge in [-0.05, 0) is 24.6 Å². The number of aromatic nitrogens is 1. The maximum atomic E-state index is 6.07. The number of benzene rings is 1. The van der Waals surface area contributed by atoms with Crippen molar-refractivity contribution in [2.45, 2.75) is 13.5 Å². The van der Waals surface area contributed by atoms with E-state index in [0.717, 1.165) is 11.1 Å². The summed E-state index contributed by atoms with van der Waals surface area (Å²) < 4.78 is 5.68. The molecular weight excluding hydrogens is 280 g/mol. The van der Waals surface area contributed by atoms with Crippen molar-refractivity contribution in [3.8, 4) is 5.88 Å². The van der Waals surface area contributed by atoms with Crippen molar-refractivity contribution in [3.05, 3.63) is 58.2 Å². The number of thiocarbonyl (C=S) groups is 1. The van der Waals surface area contributed by atoms with E-state index in [1.54, 1.807) is 6.20 Å². The van der Waals surface area contributed by atoms with Crippen LogP contribution in [0.1, 0.15) is 16.7 Å². The first-order valence-electron chi connectivity index (χ1n) is 5.71. The van der Waals surface area contributed by atoms with Crippen LogP contribution in [0.3, 0.4) is 0 Å². The van der Waals surface area contributed by atoms with Crippen molar-refractivity contribution in [3.63, 3.8) is 0 Å². The van der Waals surface area contributed by atoms with E-state index in [0.29, 0.717) is 23.1 Å². The second-order valence-corrected chi connectivity index (χ2v) is 4.90. The largest absolute Gasteiger partial charge is 0.472 e. The molecule has 0 amide bonds. The van der Waals surface area contributed by atoms with Crippen LogP contribution in [-0.4, -0.2) is 9.97 Å². The number of hydrogen-bond acceptors (Lipinski definition) is 3. The molecule has 0 saturated heterocycles. The third kappa shape index (κ3) is 3.22. The molecule has 5 heteroatoms. The third-order valence-corrected chi connectivity index (χ3v) is 3.27. The fraction of sp³-hybridized carbons (Fsp3) is 0.143. The highest BCUT2D eigenvalue weighted by molar-refractivity contribution is 7.80. The minimum atomic E-state index is 0.278. The van der Waals surface area contributed by atoms with Crippen LogP contribution in [0.25, 0.3) is 0 Å². The molecular formula is C14H13ClN2OS. The first-order chi connectivity index (χ1) is 9.09. The van der Waals surface area contributed by atoms with E-state index in [2.05, 4.69) is 4.98 Å². The number of rotatable bonds is 4. The predicted molar refractivity (Wildman–Crippen MR) is 80.6 cm³/mol. The summed E-state index contributed by atoms with van der Waals surface area (Å²) in [4.78, 5) is 4.45. The van der Waals surface area contributed by atoms with Crippen molar-refractivity contribution < 1.29 is 4.74 Å². The van der Waals surface area contributed by atoms with Crippen molar-refractivity contribution in [2.75, 3.05) is 0 Å². The van der Waals surface area contributed by atoms with Gasteiger partial charge in [0.15, 0.2) is 0 Å². The summed E-state index contributed by atoms with van der Waals surface area (Å²) in [7, 11) is 0. The smallest absolute Gasteiger partial charge is 0.224 e. The van der Waals surface area contributed by atoms with Gasteiger partial charge in [0.05, 0.1) is 5.56 Å². The Morgan fingerprint density at radius 3 is 2.79 bits per heavy atom. The summed E-state index contributed by atoms with van der Waals surface area (Å²) in [6.07, 6.45) is 1.67. The van der Waals surface area contributed by atoms with Gasteiger partial charge in [0.1, 0.15) is 11.6 Å². The molecule has 2 N–H and O–H groups in total. The van der Waals surface area contributed by atoms with Crippen LogP contribution in [0.4, 0.5) is 0 Å². The predicted octanol–water partition coefficient (Wildman–Crippen LogP) is 3.26. The number of ether oxygens (including phenoxy) is 1. The molecule has 3 nitrogen and oxygen atoms in total. The van der Waals surface area contributed by atoms with Crippen molar-refractivity contribution in [1.29, 1.82) is 0 Å². The molecule has 1 aromatic heterocycles. The Balaban J connectivity index is 2.23. The van der Waals surface area contributed by atoms with Gasteiger partial charge in [-0.15, -0.1) is 0 Å². The molecule has 19 heavy (non-hydrogen) atoms. The molecule has 0 spiro atoms. The van der Waals surface area contributed by atoms with Crippen LogP contribution >= 0.6 is 23.8 Å². The third-order valence-electron chi connectivity index (χ3n) is 2.69. The molecule has 0 atom stereocenters. The molecule has 2 rings (SSSR count). The number of hydrogen-bond donors (Lipinski definition) is 1. The maximum Gasteiger partial charge on any atom is 0.224 e. The zero-order chi connectivity index (χ0) is 13.8. The highest BCUT2D eigenvalue weighted by Gasteiger charge is 2.11. The van der Waals surface area contributed by atoms with E-state index < -0.39 is 0 Å². The summed E-state index contributed by atoms with van der Waals surface area (Å²) in [5, 5.41) is 0.659. The van der Waals surface area contributed by atoms with Gasteiger partial charge in [-0.1, -0.05) is 42.0 Å². The number of nitrogens with zero attached hydrogens (tertiary/aromatic N) is 1. The molecule has 0 fully saturated rings. The van der Waals surface area contributed by atoms with Crippen molar-refractivity contribution in [1.82, 2.24) is 4.98 Å². The monoisotopic (exact) mass is 292 g/mol. The molecule has 0 radical (unpaired) electrons. The SMILES string of the molecule is Cc1ccnc(OCc2ccccc2Cl)c1C(N)=S. The molecule has 0 bridgehead atoms. The van der Waals surface area contributed by atoms with Crippen molar-refractivity contribution in [2.24, 2.45) is 5.73 Å². The van der Waals surface area contributed by atoms with Gasteiger partial charge in [-0.2, -0.15) is 0 Å². The fourth-order valence-electron chi connectivity index (χ4n) is 1.70. The van der Waals surface area contributed by atoms with Crippen LogP contribution in [-0.2, 0) is 6.61 Å². The first-order valence-corrected chi connectivity index (χ1v) is 6.50. The van der Waals surface area contributed by atoms with Crippen molar-refractivity contribution >= 4 is 28.8 Å². The second kappa shape index (κ2) is 5.99. The molecule has 0 aliphatic rings. The van der Waals surface area contributed by atoms with Crippen LogP contribution in [0.2, 0.25) is 5.02 Å². The molecule has 1 aromatic carbocycles. The molecule has 0 saturated carbocycles. The topological polar surface area (TPSA) is 48.1 Å². The number of pyridine rings is 1. The minimum absolute atomic E-state index is 0.278. The van der Waals surface area contributed by atoms with Gasteiger partial charge >= 0.3 is 0 Å². The van der Waals surface area contributed by atoms with E-state index in [1.807, 2.05) is 37.3 Å². The average molecular weight is 293 g/mol. The molecule has 0 aliphatic heterocycles. The zero-order valence-corrected chi connectivity index (χ0v) is 12.0. The summed E-state index contributed by atoms with van der Waals surface area (Å²) in [5.74, 6) is 0.437. The maximum absolute atomic E-state index is 6.07. The lowest BCUT2D eigenvalue weighted by Gasteiger charge is -2.12.